The van der Waals surface area contributed by atoms with Crippen molar-refractivity contribution in [2.75, 3.05) is 6.54 Å². The lowest BCUT2D eigenvalue weighted by atomic mass is 10.0. The van der Waals surface area contributed by atoms with Gasteiger partial charge in [0.2, 0.25) is 5.91 Å². The van der Waals surface area contributed by atoms with Gasteiger partial charge in [0.15, 0.2) is 0 Å². The average Bonchev–Trinajstić information content (AvgIpc) is 3.18. The number of carbonyl (C=O) groups excluding carboxylic acids is 1. The molecule has 22 heavy (non-hydrogen) atoms. The summed E-state index contributed by atoms with van der Waals surface area (Å²) in [4.78, 5) is 22.2. The first kappa shape index (κ1) is 15.1. The first-order valence-corrected chi connectivity index (χ1v) is 8.47. The zero-order valence-corrected chi connectivity index (χ0v) is 13.5. The van der Waals surface area contributed by atoms with E-state index in [4.69, 9.17) is 0 Å². The second-order valence-corrected chi connectivity index (χ2v) is 6.32. The Bertz CT molecular complexity index is 629. The summed E-state index contributed by atoms with van der Waals surface area (Å²) < 4.78 is 0. The second kappa shape index (κ2) is 6.98. The molecule has 1 saturated heterocycles. The van der Waals surface area contributed by atoms with Crippen LogP contribution in [0.5, 0.6) is 0 Å². The number of hydrogen-bond donors (Lipinski definition) is 1. The van der Waals surface area contributed by atoms with Crippen LogP contribution in [0.3, 0.4) is 0 Å². The molecule has 1 atom stereocenters. The summed E-state index contributed by atoms with van der Waals surface area (Å²) in [7, 11) is 0. The summed E-state index contributed by atoms with van der Waals surface area (Å²) in [6, 6.07) is 4.61. The summed E-state index contributed by atoms with van der Waals surface area (Å²) in [5, 5.41) is 4.92. The van der Waals surface area contributed by atoms with Crippen LogP contribution in [-0.2, 0) is 17.9 Å². The molecule has 5 nitrogen and oxygen atoms in total. The van der Waals surface area contributed by atoms with Gasteiger partial charge < -0.3 is 5.32 Å². The molecule has 6 heteroatoms. The van der Waals surface area contributed by atoms with Gasteiger partial charge in [-0.1, -0.05) is 0 Å². The van der Waals surface area contributed by atoms with Crippen molar-refractivity contribution in [1.29, 1.82) is 0 Å². The van der Waals surface area contributed by atoms with Gasteiger partial charge in [0.1, 0.15) is 0 Å². The van der Waals surface area contributed by atoms with Crippen molar-refractivity contribution < 1.29 is 4.79 Å². The van der Waals surface area contributed by atoms with Crippen LogP contribution >= 0.6 is 11.3 Å². The smallest absolute Gasteiger partial charge is 0.217 e. The van der Waals surface area contributed by atoms with Gasteiger partial charge >= 0.3 is 0 Å². The summed E-state index contributed by atoms with van der Waals surface area (Å²) in [5.41, 5.74) is 5.22. The van der Waals surface area contributed by atoms with Crippen LogP contribution in [0.4, 0.5) is 0 Å². The topological polar surface area (TPSA) is 58.1 Å². The lowest BCUT2D eigenvalue weighted by Crippen LogP contribution is -2.23. The van der Waals surface area contributed by atoms with Crippen molar-refractivity contribution in [2.24, 2.45) is 0 Å². The van der Waals surface area contributed by atoms with Crippen molar-refractivity contribution in [2.45, 2.75) is 38.9 Å². The maximum absolute atomic E-state index is 11.0. The van der Waals surface area contributed by atoms with Gasteiger partial charge in [0, 0.05) is 31.1 Å². The average molecular weight is 316 g/mol. The number of hydrogen-bond acceptors (Lipinski definition) is 5. The molecule has 0 aliphatic carbocycles. The zero-order chi connectivity index (χ0) is 15.4. The normalized spacial score (nSPS) is 18.5. The molecule has 0 bridgehead atoms. The molecule has 1 fully saturated rings. The van der Waals surface area contributed by atoms with E-state index in [-0.39, 0.29) is 5.91 Å². The Hall–Kier alpha value is -1.79. The molecule has 3 heterocycles. The molecule has 116 valence electrons. The molecular weight excluding hydrogens is 296 g/mol. The number of rotatable bonds is 5. The van der Waals surface area contributed by atoms with E-state index in [1.807, 2.05) is 11.7 Å². The molecule has 1 amide bonds. The van der Waals surface area contributed by atoms with Crippen molar-refractivity contribution >= 4 is 17.2 Å². The molecule has 3 rings (SSSR count). The quantitative estimate of drug-likeness (QED) is 0.921. The minimum Gasteiger partial charge on any atom is -0.351 e. The Balaban J connectivity index is 1.71. The summed E-state index contributed by atoms with van der Waals surface area (Å²) in [6.07, 6.45) is 4.21. The number of carbonyl (C=O) groups is 1. The highest BCUT2D eigenvalue weighted by Crippen LogP contribution is 2.33. The van der Waals surface area contributed by atoms with Gasteiger partial charge in [0.25, 0.3) is 0 Å². The van der Waals surface area contributed by atoms with Crippen molar-refractivity contribution in [1.82, 2.24) is 20.2 Å². The molecule has 2 aromatic rings. The number of nitrogens with zero attached hydrogens (tertiary/aromatic N) is 3. The van der Waals surface area contributed by atoms with E-state index >= 15 is 0 Å². The minimum absolute atomic E-state index is 0.0294. The van der Waals surface area contributed by atoms with Gasteiger partial charge in [0.05, 0.1) is 23.4 Å². The molecule has 1 unspecified atom stereocenters. The summed E-state index contributed by atoms with van der Waals surface area (Å²) in [6.45, 7) is 4.02. The number of nitrogens with one attached hydrogen (secondary N) is 1. The Morgan fingerprint density at radius 1 is 1.45 bits per heavy atom. The molecule has 2 aromatic heterocycles. The summed E-state index contributed by atoms with van der Waals surface area (Å²) in [5.74, 6) is -0.0294. The zero-order valence-electron chi connectivity index (χ0n) is 12.7. The van der Waals surface area contributed by atoms with Gasteiger partial charge in [-0.3, -0.25) is 14.7 Å². The first-order chi connectivity index (χ1) is 10.7. The van der Waals surface area contributed by atoms with E-state index in [0.717, 1.165) is 30.9 Å². The lowest BCUT2D eigenvalue weighted by molar-refractivity contribution is -0.119. The van der Waals surface area contributed by atoms with E-state index in [9.17, 15) is 4.79 Å². The Kier molecular flexibility index (Phi) is 4.80. The fourth-order valence-corrected chi connectivity index (χ4v) is 3.48. The standard InChI is InChI=1S/C16H20N4OS/c1-12(21)18-8-14-7-13(4-5-17-14)16-3-2-6-20(16)9-15-10-22-11-19-15/h4-5,7,10-11,16H,2-3,6,8-9H2,1H3,(H,18,21). The SMILES string of the molecule is CC(=O)NCc1cc(C2CCCN2Cc2cscn2)ccn1. The molecule has 1 aliphatic rings. The van der Waals surface area contributed by atoms with Gasteiger partial charge in [-0.05, 0) is 37.1 Å². The van der Waals surface area contributed by atoms with E-state index in [0.29, 0.717) is 12.6 Å². The lowest BCUT2D eigenvalue weighted by Gasteiger charge is -2.24. The third-order valence-electron chi connectivity index (χ3n) is 3.96. The highest BCUT2D eigenvalue weighted by Gasteiger charge is 2.26. The van der Waals surface area contributed by atoms with Crippen LogP contribution < -0.4 is 5.32 Å². The molecular formula is C16H20N4OS. The first-order valence-electron chi connectivity index (χ1n) is 7.53. The van der Waals surface area contributed by atoms with Crippen LogP contribution in [-0.4, -0.2) is 27.3 Å². The summed E-state index contributed by atoms with van der Waals surface area (Å²) >= 11 is 1.64. The molecule has 1 aliphatic heterocycles. The fraction of sp³-hybridized carbons (Fsp3) is 0.438. The molecule has 0 aromatic carbocycles. The van der Waals surface area contributed by atoms with Crippen LogP contribution in [0, 0.1) is 0 Å². The number of amides is 1. The van der Waals surface area contributed by atoms with Crippen LogP contribution in [0.1, 0.15) is 42.8 Å². The molecule has 1 N–H and O–H groups in total. The molecule has 0 spiro atoms. The Morgan fingerprint density at radius 2 is 2.36 bits per heavy atom. The monoisotopic (exact) mass is 316 g/mol. The van der Waals surface area contributed by atoms with Crippen LogP contribution in [0.2, 0.25) is 0 Å². The van der Waals surface area contributed by atoms with E-state index in [2.05, 4.69) is 37.7 Å². The van der Waals surface area contributed by atoms with E-state index in [1.165, 1.54) is 18.9 Å². The third-order valence-corrected chi connectivity index (χ3v) is 4.59. The van der Waals surface area contributed by atoms with Gasteiger partial charge in [-0.15, -0.1) is 11.3 Å². The van der Waals surface area contributed by atoms with Crippen LogP contribution in [0.15, 0.2) is 29.2 Å². The Morgan fingerprint density at radius 3 is 3.14 bits per heavy atom. The maximum atomic E-state index is 11.0. The van der Waals surface area contributed by atoms with Crippen molar-refractivity contribution in [3.63, 3.8) is 0 Å². The second-order valence-electron chi connectivity index (χ2n) is 5.60. The van der Waals surface area contributed by atoms with Crippen molar-refractivity contribution in [3.8, 4) is 0 Å². The number of aromatic nitrogens is 2. The highest BCUT2D eigenvalue weighted by atomic mass is 32.1. The predicted octanol–water partition coefficient (Wildman–Crippen LogP) is 2.51. The van der Waals surface area contributed by atoms with Gasteiger partial charge in [-0.25, -0.2) is 4.98 Å². The minimum atomic E-state index is -0.0294. The number of likely N-dealkylation sites (tertiary alicyclic amines) is 1. The van der Waals surface area contributed by atoms with E-state index in [1.54, 1.807) is 11.3 Å². The molecule has 0 saturated carbocycles. The largest absolute Gasteiger partial charge is 0.351 e. The van der Waals surface area contributed by atoms with Crippen molar-refractivity contribution in [3.05, 3.63) is 46.2 Å². The number of thiazole rings is 1. The van der Waals surface area contributed by atoms with E-state index < -0.39 is 0 Å². The third kappa shape index (κ3) is 3.69. The maximum Gasteiger partial charge on any atom is 0.217 e. The predicted molar refractivity (Wildman–Crippen MR) is 86.3 cm³/mol. The molecule has 0 radical (unpaired) electrons. The fourth-order valence-electron chi connectivity index (χ4n) is 2.93. The number of pyridine rings is 1. The van der Waals surface area contributed by atoms with Crippen LogP contribution in [0.25, 0.3) is 0 Å². The van der Waals surface area contributed by atoms with Gasteiger partial charge in [-0.2, -0.15) is 0 Å². The Labute approximate surface area is 134 Å². The highest BCUT2D eigenvalue weighted by molar-refractivity contribution is 7.07.